The van der Waals surface area contributed by atoms with Crippen LogP contribution >= 0.6 is 0 Å². The molecule has 0 aliphatic carbocycles. The Balaban J connectivity index is 2.68. The van der Waals surface area contributed by atoms with Crippen molar-refractivity contribution in [3.8, 4) is 0 Å². The summed E-state index contributed by atoms with van der Waals surface area (Å²) < 4.78 is 0. The number of hydrogen-bond acceptors (Lipinski definition) is 3. The second-order valence-corrected chi connectivity index (χ2v) is 5.02. The number of aliphatic hydroxyl groups is 1. The molecule has 116 valence electrons. The molecule has 0 bridgehead atoms. The number of carbonyl (C=O) groups excluding carboxylic acids is 2. The van der Waals surface area contributed by atoms with E-state index < -0.39 is 18.0 Å². The van der Waals surface area contributed by atoms with Gasteiger partial charge in [0.2, 0.25) is 0 Å². The first kappa shape index (κ1) is 17.2. The van der Waals surface area contributed by atoms with E-state index in [4.69, 9.17) is 0 Å². The first-order chi connectivity index (χ1) is 10.1. The van der Waals surface area contributed by atoms with Crippen molar-refractivity contribution in [3.05, 3.63) is 35.9 Å². The SMILES string of the molecule is CCCCCNC(=O)N(Cc1ccccc1)C(=O)C(C)O. The molecule has 0 aliphatic rings. The fourth-order valence-electron chi connectivity index (χ4n) is 1.91. The second-order valence-electron chi connectivity index (χ2n) is 5.02. The summed E-state index contributed by atoms with van der Waals surface area (Å²) >= 11 is 0. The maximum atomic E-state index is 12.1. The van der Waals surface area contributed by atoms with Crippen molar-refractivity contribution >= 4 is 11.9 Å². The molecule has 5 nitrogen and oxygen atoms in total. The van der Waals surface area contributed by atoms with Gasteiger partial charge < -0.3 is 10.4 Å². The zero-order chi connectivity index (χ0) is 15.7. The molecule has 0 heterocycles. The fourth-order valence-corrected chi connectivity index (χ4v) is 1.91. The van der Waals surface area contributed by atoms with Crippen molar-refractivity contribution in [3.63, 3.8) is 0 Å². The molecule has 1 aromatic rings. The van der Waals surface area contributed by atoms with E-state index in [1.807, 2.05) is 30.3 Å². The van der Waals surface area contributed by atoms with Gasteiger partial charge in [-0.1, -0.05) is 50.1 Å². The average molecular weight is 292 g/mol. The third kappa shape index (κ3) is 5.95. The molecule has 5 heteroatoms. The Morgan fingerprint density at radius 3 is 2.48 bits per heavy atom. The molecule has 1 rings (SSSR count). The van der Waals surface area contributed by atoms with E-state index >= 15 is 0 Å². The Labute approximate surface area is 126 Å². The van der Waals surface area contributed by atoms with Crippen molar-refractivity contribution in [2.45, 2.75) is 45.8 Å². The normalized spacial score (nSPS) is 11.8. The molecule has 0 fully saturated rings. The molecule has 3 amide bonds. The van der Waals surface area contributed by atoms with Crippen LogP contribution in [0.3, 0.4) is 0 Å². The second kappa shape index (κ2) is 9.13. The van der Waals surface area contributed by atoms with Crippen LogP contribution in [0.2, 0.25) is 0 Å². The summed E-state index contributed by atoms with van der Waals surface area (Å²) in [7, 11) is 0. The molecule has 0 spiro atoms. The Bertz CT molecular complexity index is 446. The largest absolute Gasteiger partial charge is 0.384 e. The van der Waals surface area contributed by atoms with Crippen LogP contribution in [0.15, 0.2) is 30.3 Å². The number of benzene rings is 1. The standard InChI is InChI=1S/C16H24N2O3/c1-3-4-8-11-17-16(21)18(15(20)13(2)19)12-14-9-6-5-7-10-14/h5-7,9-10,13,19H,3-4,8,11-12H2,1-2H3,(H,17,21). The van der Waals surface area contributed by atoms with Crippen LogP contribution in [0.25, 0.3) is 0 Å². The molecule has 0 radical (unpaired) electrons. The summed E-state index contributed by atoms with van der Waals surface area (Å²) in [4.78, 5) is 25.2. The number of rotatable bonds is 7. The zero-order valence-corrected chi connectivity index (χ0v) is 12.7. The monoisotopic (exact) mass is 292 g/mol. The van der Waals surface area contributed by atoms with Crippen LogP contribution in [-0.2, 0) is 11.3 Å². The maximum absolute atomic E-state index is 12.1. The Morgan fingerprint density at radius 1 is 1.24 bits per heavy atom. The number of amides is 3. The van der Waals surface area contributed by atoms with Gasteiger partial charge >= 0.3 is 6.03 Å². The third-order valence-electron chi connectivity index (χ3n) is 3.11. The summed E-state index contributed by atoms with van der Waals surface area (Å²) in [5.41, 5.74) is 0.843. The van der Waals surface area contributed by atoms with Gasteiger partial charge in [0.25, 0.3) is 5.91 Å². The first-order valence-electron chi connectivity index (χ1n) is 7.37. The van der Waals surface area contributed by atoms with Gasteiger partial charge in [-0.05, 0) is 18.9 Å². The minimum atomic E-state index is -1.20. The fraction of sp³-hybridized carbons (Fsp3) is 0.500. The Kier molecular flexibility index (Phi) is 7.46. The number of nitrogens with zero attached hydrogens (tertiary/aromatic N) is 1. The van der Waals surface area contributed by atoms with E-state index in [9.17, 15) is 14.7 Å². The lowest BCUT2D eigenvalue weighted by molar-refractivity contribution is -0.136. The van der Waals surface area contributed by atoms with E-state index in [1.165, 1.54) is 6.92 Å². The number of imide groups is 1. The highest BCUT2D eigenvalue weighted by atomic mass is 16.3. The molecule has 1 unspecified atom stereocenters. The van der Waals surface area contributed by atoms with Crippen molar-refractivity contribution in [2.24, 2.45) is 0 Å². The van der Waals surface area contributed by atoms with Crippen LogP contribution in [-0.4, -0.2) is 34.6 Å². The average Bonchev–Trinajstić information content (AvgIpc) is 2.49. The van der Waals surface area contributed by atoms with Gasteiger partial charge in [0.15, 0.2) is 0 Å². The molecular formula is C16H24N2O3. The molecular weight excluding hydrogens is 268 g/mol. The molecule has 0 aromatic heterocycles. The maximum Gasteiger partial charge on any atom is 0.324 e. The summed E-state index contributed by atoms with van der Waals surface area (Å²) in [6, 6.07) is 8.79. The van der Waals surface area contributed by atoms with E-state index in [1.54, 1.807) is 0 Å². The van der Waals surface area contributed by atoms with Gasteiger partial charge in [-0.25, -0.2) is 4.79 Å². The minimum Gasteiger partial charge on any atom is -0.384 e. The topological polar surface area (TPSA) is 69.6 Å². The van der Waals surface area contributed by atoms with Crippen molar-refractivity contribution in [1.82, 2.24) is 10.2 Å². The highest BCUT2D eigenvalue weighted by molar-refractivity contribution is 5.96. The molecule has 21 heavy (non-hydrogen) atoms. The summed E-state index contributed by atoms with van der Waals surface area (Å²) in [6.45, 7) is 4.14. The van der Waals surface area contributed by atoms with Crippen LogP contribution in [0.4, 0.5) is 4.79 Å². The minimum absolute atomic E-state index is 0.157. The van der Waals surface area contributed by atoms with E-state index in [0.29, 0.717) is 6.54 Å². The predicted octanol–water partition coefficient (Wildman–Crippen LogP) is 2.30. The van der Waals surface area contributed by atoms with Gasteiger partial charge in [0, 0.05) is 6.54 Å². The molecule has 0 aliphatic heterocycles. The summed E-state index contributed by atoms with van der Waals surface area (Å²) in [5, 5.41) is 12.2. The lowest BCUT2D eigenvalue weighted by atomic mass is 10.2. The highest BCUT2D eigenvalue weighted by Gasteiger charge is 2.24. The van der Waals surface area contributed by atoms with Gasteiger partial charge in [0.1, 0.15) is 6.10 Å². The van der Waals surface area contributed by atoms with Crippen molar-refractivity contribution in [1.29, 1.82) is 0 Å². The summed E-state index contributed by atoms with van der Waals surface area (Å²) in [5.74, 6) is -0.591. The highest BCUT2D eigenvalue weighted by Crippen LogP contribution is 2.07. The predicted molar refractivity (Wildman–Crippen MR) is 81.6 cm³/mol. The summed E-state index contributed by atoms with van der Waals surface area (Å²) in [6.07, 6.45) is 1.78. The van der Waals surface area contributed by atoms with Crippen molar-refractivity contribution < 1.29 is 14.7 Å². The molecule has 0 saturated carbocycles. The third-order valence-corrected chi connectivity index (χ3v) is 3.11. The van der Waals surface area contributed by atoms with Crippen LogP contribution < -0.4 is 5.32 Å². The van der Waals surface area contributed by atoms with Gasteiger partial charge in [0.05, 0.1) is 6.54 Å². The van der Waals surface area contributed by atoms with Crippen molar-refractivity contribution in [2.75, 3.05) is 6.54 Å². The van der Waals surface area contributed by atoms with Gasteiger partial charge in [-0.2, -0.15) is 0 Å². The Morgan fingerprint density at radius 2 is 1.90 bits per heavy atom. The smallest absolute Gasteiger partial charge is 0.324 e. The number of nitrogens with one attached hydrogen (secondary N) is 1. The number of hydrogen-bond donors (Lipinski definition) is 2. The van der Waals surface area contributed by atoms with E-state index in [-0.39, 0.29) is 6.54 Å². The lowest BCUT2D eigenvalue weighted by Crippen LogP contribution is -2.47. The molecule has 1 atom stereocenters. The first-order valence-corrected chi connectivity index (χ1v) is 7.37. The van der Waals surface area contributed by atoms with Crippen LogP contribution in [0.5, 0.6) is 0 Å². The molecule has 0 saturated heterocycles. The quantitative estimate of drug-likeness (QED) is 0.758. The van der Waals surface area contributed by atoms with Gasteiger partial charge in [-0.15, -0.1) is 0 Å². The van der Waals surface area contributed by atoms with E-state index in [0.717, 1.165) is 29.7 Å². The number of urea groups is 1. The number of carbonyl (C=O) groups is 2. The number of unbranched alkanes of at least 4 members (excludes halogenated alkanes) is 2. The van der Waals surface area contributed by atoms with Gasteiger partial charge in [-0.3, -0.25) is 9.69 Å². The lowest BCUT2D eigenvalue weighted by Gasteiger charge is -2.22. The molecule has 1 aromatic carbocycles. The zero-order valence-electron chi connectivity index (χ0n) is 12.7. The van der Waals surface area contributed by atoms with Crippen LogP contribution in [0, 0.1) is 0 Å². The number of aliphatic hydroxyl groups excluding tert-OH is 1. The van der Waals surface area contributed by atoms with Crippen LogP contribution in [0.1, 0.15) is 38.7 Å². The Hall–Kier alpha value is -1.88. The van der Waals surface area contributed by atoms with E-state index in [2.05, 4.69) is 12.2 Å². The molecule has 2 N–H and O–H groups in total.